The summed E-state index contributed by atoms with van der Waals surface area (Å²) in [5.41, 5.74) is 0.346. The topological polar surface area (TPSA) is 90.2 Å². The Kier molecular flexibility index (Phi) is 4.44. The second kappa shape index (κ2) is 6.11. The molecule has 1 aromatic heterocycles. The molecule has 1 heterocycles. The Labute approximate surface area is 130 Å². The third-order valence-corrected chi connectivity index (χ3v) is 3.19. The summed E-state index contributed by atoms with van der Waals surface area (Å²) in [7, 11) is 1.65. The van der Waals surface area contributed by atoms with Gasteiger partial charge in [0.15, 0.2) is 0 Å². The van der Waals surface area contributed by atoms with Gasteiger partial charge in [0.1, 0.15) is 0 Å². The van der Waals surface area contributed by atoms with E-state index in [1.54, 1.807) is 20.0 Å². The van der Waals surface area contributed by atoms with Crippen LogP contribution in [0.4, 0.5) is 11.6 Å². The number of nitro benzene ring substituents is 1. The summed E-state index contributed by atoms with van der Waals surface area (Å²) < 4.78 is 5.45. The Morgan fingerprint density at radius 2 is 1.90 bits per heavy atom. The first-order valence-electron chi connectivity index (χ1n) is 5.75. The fraction of sp³-hybridized carbons (Fsp3) is 0.167. The van der Waals surface area contributed by atoms with Gasteiger partial charge in [-0.05, 0) is 6.92 Å². The number of rotatable bonds is 4. The number of aryl methyl sites for hydroxylation is 1. The maximum absolute atomic E-state index is 11.0. The molecule has 2 rings (SSSR count). The van der Waals surface area contributed by atoms with Crippen molar-refractivity contribution in [1.29, 1.82) is 0 Å². The van der Waals surface area contributed by atoms with E-state index in [4.69, 9.17) is 27.9 Å². The van der Waals surface area contributed by atoms with Crippen LogP contribution in [0.5, 0.6) is 11.6 Å². The van der Waals surface area contributed by atoms with Gasteiger partial charge >= 0.3 is 5.69 Å². The molecule has 0 amide bonds. The lowest BCUT2D eigenvalue weighted by Gasteiger charge is -2.08. The minimum atomic E-state index is -0.607. The first-order valence-corrected chi connectivity index (χ1v) is 6.51. The number of aromatic nitrogens is 2. The van der Waals surface area contributed by atoms with Gasteiger partial charge in [0, 0.05) is 30.9 Å². The summed E-state index contributed by atoms with van der Waals surface area (Å²) in [5, 5.41) is 14.0. The van der Waals surface area contributed by atoms with Crippen LogP contribution in [0.3, 0.4) is 0 Å². The van der Waals surface area contributed by atoms with Crippen LogP contribution in [0.25, 0.3) is 0 Å². The Bertz CT molecular complexity index is 709. The third kappa shape index (κ3) is 3.50. The highest BCUT2D eigenvalue weighted by molar-refractivity contribution is 6.42. The van der Waals surface area contributed by atoms with Gasteiger partial charge < -0.3 is 10.1 Å². The number of benzene rings is 1. The molecule has 7 nitrogen and oxygen atoms in total. The number of nitro groups is 1. The number of anilines is 1. The lowest BCUT2D eigenvalue weighted by atomic mass is 10.3. The summed E-state index contributed by atoms with van der Waals surface area (Å²) in [6.45, 7) is 1.75. The quantitative estimate of drug-likeness (QED) is 0.677. The van der Waals surface area contributed by atoms with Crippen LogP contribution >= 0.6 is 23.2 Å². The van der Waals surface area contributed by atoms with Crippen LogP contribution in [-0.4, -0.2) is 21.9 Å². The molecule has 0 atom stereocenters. The SMILES string of the molecule is CNc1nc(C)cc(Oc2cc(Cl)c(Cl)cc2[N+](=O)[O-])n1. The lowest BCUT2D eigenvalue weighted by Crippen LogP contribution is -2.01. The molecule has 0 spiro atoms. The molecule has 0 aliphatic heterocycles. The fourth-order valence-corrected chi connectivity index (χ4v) is 1.87. The average Bonchev–Trinajstić information content (AvgIpc) is 2.41. The number of halogens is 2. The molecule has 1 aromatic carbocycles. The molecule has 110 valence electrons. The van der Waals surface area contributed by atoms with E-state index < -0.39 is 4.92 Å². The van der Waals surface area contributed by atoms with Gasteiger partial charge in [0.25, 0.3) is 0 Å². The van der Waals surface area contributed by atoms with Crippen LogP contribution < -0.4 is 10.1 Å². The highest BCUT2D eigenvalue weighted by Crippen LogP contribution is 2.37. The van der Waals surface area contributed by atoms with Crippen LogP contribution in [0.2, 0.25) is 10.0 Å². The van der Waals surface area contributed by atoms with Gasteiger partial charge in [-0.25, -0.2) is 4.98 Å². The Morgan fingerprint density at radius 1 is 1.24 bits per heavy atom. The van der Waals surface area contributed by atoms with E-state index in [2.05, 4.69) is 15.3 Å². The maximum Gasteiger partial charge on any atom is 0.313 e. The van der Waals surface area contributed by atoms with Crippen LogP contribution in [0, 0.1) is 17.0 Å². The van der Waals surface area contributed by atoms with Gasteiger partial charge in [-0.1, -0.05) is 23.2 Å². The molecule has 21 heavy (non-hydrogen) atoms. The Morgan fingerprint density at radius 3 is 2.52 bits per heavy atom. The zero-order valence-electron chi connectivity index (χ0n) is 11.1. The minimum Gasteiger partial charge on any atom is -0.432 e. The second-order valence-corrected chi connectivity index (χ2v) is 4.83. The van der Waals surface area contributed by atoms with Crippen molar-refractivity contribution in [3.05, 3.63) is 44.1 Å². The smallest absolute Gasteiger partial charge is 0.313 e. The molecule has 2 aromatic rings. The highest BCUT2D eigenvalue weighted by Gasteiger charge is 2.20. The first-order chi connectivity index (χ1) is 9.90. The second-order valence-electron chi connectivity index (χ2n) is 4.01. The van der Waals surface area contributed by atoms with E-state index in [-0.39, 0.29) is 27.4 Å². The summed E-state index contributed by atoms with van der Waals surface area (Å²) in [6, 6.07) is 3.96. The number of ether oxygens (including phenoxy) is 1. The molecule has 0 saturated heterocycles. The predicted octanol–water partition coefficient (Wildman–Crippen LogP) is 3.83. The number of nitrogens with one attached hydrogen (secondary N) is 1. The molecule has 0 saturated carbocycles. The van der Waals surface area contributed by atoms with E-state index in [9.17, 15) is 10.1 Å². The summed E-state index contributed by atoms with van der Waals surface area (Å²) in [6.07, 6.45) is 0. The monoisotopic (exact) mass is 328 g/mol. The average molecular weight is 329 g/mol. The van der Waals surface area contributed by atoms with Crippen molar-refractivity contribution in [3.63, 3.8) is 0 Å². The van der Waals surface area contributed by atoms with Crippen LogP contribution in [-0.2, 0) is 0 Å². The molecule has 0 aliphatic rings. The Balaban J connectivity index is 2.46. The van der Waals surface area contributed by atoms with Crippen LogP contribution in [0.1, 0.15) is 5.69 Å². The molecular formula is C12H10Cl2N4O3. The van der Waals surface area contributed by atoms with Gasteiger partial charge in [-0.15, -0.1) is 0 Å². The molecule has 0 bridgehead atoms. The van der Waals surface area contributed by atoms with Gasteiger partial charge in [-0.3, -0.25) is 10.1 Å². The zero-order chi connectivity index (χ0) is 15.6. The van der Waals surface area contributed by atoms with Gasteiger partial charge in [-0.2, -0.15) is 4.98 Å². The highest BCUT2D eigenvalue weighted by atomic mass is 35.5. The fourth-order valence-electron chi connectivity index (χ4n) is 1.56. The summed E-state index contributed by atoms with van der Waals surface area (Å²) in [5.74, 6) is 0.454. The zero-order valence-corrected chi connectivity index (χ0v) is 12.6. The van der Waals surface area contributed by atoms with E-state index in [1.165, 1.54) is 6.07 Å². The maximum atomic E-state index is 11.0. The molecule has 9 heteroatoms. The van der Waals surface area contributed by atoms with E-state index in [1.807, 2.05) is 0 Å². The van der Waals surface area contributed by atoms with Gasteiger partial charge in [0.05, 0.1) is 15.0 Å². The van der Waals surface area contributed by atoms with E-state index in [0.717, 1.165) is 6.07 Å². The lowest BCUT2D eigenvalue weighted by molar-refractivity contribution is -0.385. The molecule has 0 radical (unpaired) electrons. The minimum absolute atomic E-state index is 0.0467. The largest absolute Gasteiger partial charge is 0.432 e. The summed E-state index contributed by atoms with van der Waals surface area (Å²) >= 11 is 11.6. The predicted molar refractivity (Wildman–Crippen MR) is 79.5 cm³/mol. The van der Waals surface area contributed by atoms with Crippen molar-refractivity contribution in [2.45, 2.75) is 6.92 Å². The first kappa shape index (κ1) is 15.3. The molecule has 0 fully saturated rings. The van der Waals surface area contributed by atoms with Gasteiger partial charge in [0.2, 0.25) is 17.6 Å². The number of hydrogen-bond acceptors (Lipinski definition) is 6. The number of hydrogen-bond donors (Lipinski definition) is 1. The number of nitrogens with zero attached hydrogens (tertiary/aromatic N) is 3. The Hall–Kier alpha value is -2.12. The van der Waals surface area contributed by atoms with Crippen molar-refractivity contribution < 1.29 is 9.66 Å². The van der Waals surface area contributed by atoms with Crippen molar-refractivity contribution in [1.82, 2.24) is 9.97 Å². The van der Waals surface area contributed by atoms with Crippen molar-refractivity contribution in [3.8, 4) is 11.6 Å². The summed E-state index contributed by atoms with van der Waals surface area (Å²) in [4.78, 5) is 18.6. The van der Waals surface area contributed by atoms with E-state index in [0.29, 0.717) is 11.6 Å². The van der Waals surface area contributed by atoms with Crippen molar-refractivity contribution in [2.75, 3.05) is 12.4 Å². The van der Waals surface area contributed by atoms with Crippen molar-refractivity contribution in [2.24, 2.45) is 0 Å². The molecule has 1 N–H and O–H groups in total. The van der Waals surface area contributed by atoms with E-state index >= 15 is 0 Å². The molecule has 0 aliphatic carbocycles. The standard InChI is InChI=1S/C12H10Cl2N4O3/c1-6-3-11(17-12(15-2)16-6)21-10-5-8(14)7(13)4-9(10)18(19)20/h3-5H,1-2H3,(H,15,16,17). The molecular weight excluding hydrogens is 319 g/mol. The normalized spacial score (nSPS) is 10.3. The third-order valence-electron chi connectivity index (χ3n) is 2.47. The molecule has 0 unspecified atom stereocenters. The van der Waals surface area contributed by atoms with Crippen molar-refractivity contribution >= 4 is 34.8 Å². The van der Waals surface area contributed by atoms with Crippen LogP contribution in [0.15, 0.2) is 18.2 Å².